The zero-order chi connectivity index (χ0) is 13.1. The maximum atomic E-state index is 12.3. The number of aliphatic hydroxyl groups excluding tert-OH is 1. The number of hydroxylamine groups is 2. The molecule has 106 valence electrons. The molecule has 0 radical (unpaired) electrons. The fourth-order valence-electron chi connectivity index (χ4n) is 5.24. The maximum Gasteiger partial charge on any atom is 0.223 e. The summed E-state index contributed by atoms with van der Waals surface area (Å²) in [5.41, 5.74) is 0. The Labute approximate surface area is 113 Å². The zero-order valence-electron chi connectivity index (χ0n) is 11.1. The second-order valence-corrected chi connectivity index (χ2v) is 6.63. The van der Waals surface area contributed by atoms with Crippen molar-refractivity contribution in [3.63, 3.8) is 0 Å². The summed E-state index contributed by atoms with van der Waals surface area (Å²) in [5, 5.41) is 23.6. The van der Waals surface area contributed by atoms with Gasteiger partial charge >= 0.3 is 0 Å². The molecule has 1 aliphatic carbocycles. The normalized spacial score (nSPS) is 50.0. The summed E-state index contributed by atoms with van der Waals surface area (Å²) < 4.78 is 0. The van der Waals surface area contributed by atoms with Crippen LogP contribution in [0, 0.1) is 17.0 Å². The number of hydrogen-bond acceptors (Lipinski definition) is 4. The summed E-state index contributed by atoms with van der Waals surface area (Å²) in [6, 6.07) is 0.255. The number of rotatable bonds is 0. The molecule has 4 aliphatic rings. The number of carbonyl (C=O) groups is 1. The molecular weight excluding hydrogens is 244 g/mol. The van der Waals surface area contributed by atoms with E-state index in [4.69, 9.17) is 0 Å². The number of hydrogen-bond donors (Lipinski definition) is 1. The minimum absolute atomic E-state index is 0.0192. The highest BCUT2D eigenvalue weighted by molar-refractivity contribution is 5.78. The van der Waals surface area contributed by atoms with Crippen molar-refractivity contribution in [2.75, 3.05) is 6.54 Å². The van der Waals surface area contributed by atoms with Gasteiger partial charge < -0.3 is 20.3 Å². The van der Waals surface area contributed by atoms with Gasteiger partial charge in [-0.05, 0) is 44.6 Å². The van der Waals surface area contributed by atoms with Crippen LogP contribution in [0.4, 0.5) is 0 Å². The van der Waals surface area contributed by atoms with Gasteiger partial charge in [-0.3, -0.25) is 4.79 Å². The Kier molecular flexibility index (Phi) is 2.66. The SMILES string of the molecule is O=C1CCC2C3C(CCN2[O-])C2C(O)CCCC2N13. The van der Waals surface area contributed by atoms with E-state index in [-0.39, 0.29) is 36.1 Å². The highest BCUT2D eigenvalue weighted by Gasteiger charge is 2.58. The first-order valence-corrected chi connectivity index (χ1v) is 7.61. The smallest absolute Gasteiger partial charge is 0.223 e. The van der Waals surface area contributed by atoms with E-state index in [0.717, 1.165) is 25.7 Å². The van der Waals surface area contributed by atoms with E-state index in [1.165, 1.54) is 5.06 Å². The Bertz CT molecular complexity index is 402. The van der Waals surface area contributed by atoms with Gasteiger partial charge in [0.15, 0.2) is 0 Å². The summed E-state index contributed by atoms with van der Waals surface area (Å²) in [4.78, 5) is 14.3. The first kappa shape index (κ1) is 12.1. The molecule has 19 heavy (non-hydrogen) atoms. The molecule has 3 saturated heterocycles. The summed E-state index contributed by atoms with van der Waals surface area (Å²) in [7, 11) is 0. The third-order valence-electron chi connectivity index (χ3n) is 5.89. The Morgan fingerprint density at radius 3 is 2.84 bits per heavy atom. The van der Waals surface area contributed by atoms with E-state index < -0.39 is 0 Å². The maximum absolute atomic E-state index is 12.3. The zero-order valence-corrected chi connectivity index (χ0v) is 11.1. The fourth-order valence-corrected chi connectivity index (χ4v) is 5.24. The number of amides is 1. The summed E-state index contributed by atoms with van der Waals surface area (Å²) in [5.74, 6) is 0.778. The number of nitrogens with zero attached hydrogens (tertiary/aromatic N) is 2. The second kappa shape index (κ2) is 4.17. The van der Waals surface area contributed by atoms with Crippen LogP contribution in [0.15, 0.2) is 0 Å². The predicted molar refractivity (Wildman–Crippen MR) is 69.0 cm³/mol. The molecule has 6 unspecified atom stereocenters. The molecule has 0 spiro atoms. The lowest BCUT2D eigenvalue weighted by molar-refractivity contribution is -0.141. The Hall–Kier alpha value is -0.650. The third kappa shape index (κ3) is 1.55. The van der Waals surface area contributed by atoms with E-state index in [1.54, 1.807) is 0 Å². The van der Waals surface area contributed by atoms with Gasteiger partial charge in [0.1, 0.15) is 0 Å². The summed E-state index contributed by atoms with van der Waals surface area (Å²) in [6.45, 7) is 0.573. The lowest BCUT2D eigenvalue weighted by Gasteiger charge is -2.52. The molecule has 4 fully saturated rings. The van der Waals surface area contributed by atoms with Crippen molar-refractivity contribution in [2.24, 2.45) is 11.8 Å². The van der Waals surface area contributed by atoms with Crippen LogP contribution in [0.25, 0.3) is 0 Å². The van der Waals surface area contributed by atoms with Crippen molar-refractivity contribution >= 4 is 5.91 Å². The van der Waals surface area contributed by atoms with Crippen LogP contribution in [0.5, 0.6) is 0 Å². The van der Waals surface area contributed by atoms with Gasteiger partial charge in [-0.1, -0.05) is 0 Å². The van der Waals surface area contributed by atoms with E-state index in [2.05, 4.69) is 0 Å². The van der Waals surface area contributed by atoms with Gasteiger partial charge in [-0.15, -0.1) is 0 Å². The molecule has 5 nitrogen and oxygen atoms in total. The Balaban J connectivity index is 1.74. The van der Waals surface area contributed by atoms with E-state index in [9.17, 15) is 15.1 Å². The molecule has 0 aromatic carbocycles. The van der Waals surface area contributed by atoms with Crippen LogP contribution in [-0.2, 0) is 4.79 Å². The summed E-state index contributed by atoms with van der Waals surface area (Å²) in [6.07, 6.45) is 4.64. The van der Waals surface area contributed by atoms with Crippen molar-refractivity contribution in [2.45, 2.75) is 62.8 Å². The summed E-state index contributed by atoms with van der Waals surface area (Å²) >= 11 is 0. The molecular formula is C14H21N2O3-. The van der Waals surface area contributed by atoms with Gasteiger partial charge in [0, 0.05) is 30.5 Å². The highest BCUT2D eigenvalue weighted by Crippen LogP contribution is 2.50. The van der Waals surface area contributed by atoms with Gasteiger partial charge in [-0.25, -0.2) is 0 Å². The average Bonchev–Trinajstić information content (AvgIpc) is 2.74. The molecule has 0 bridgehead atoms. The van der Waals surface area contributed by atoms with Crippen molar-refractivity contribution in [1.29, 1.82) is 0 Å². The molecule has 1 amide bonds. The Morgan fingerprint density at radius 2 is 2.00 bits per heavy atom. The minimum Gasteiger partial charge on any atom is -0.785 e. The van der Waals surface area contributed by atoms with Gasteiger partial charge in [-0.2, -0.15) is 0 Å². The molecule has 5 heteroatoms. The van der Waals surface area contributed by atoms with Crippen LogP contribution < -0.4 is 0 Å². The minimum atomic E-state index is -0.277. The second-order valence-electron chi connectivity index (χ2n) is 6.63. The highest BCUT2D eigenvalue weighted by atomic mass is 16.5. The first-order chi connectivity index (χ1) is 9.18. The van der Waals surface area contributed by atoms with Crippen molar-refractivity contribution in [3.05, 3.63) is 5.21 Å². The van der Waals surface area contributed by atoms with Crippen LogP contribution in [0.2, 0.25) is 0 Å². The lowest BCUT2D eigenvalue weighted by atomic mass is 9.72. The number of carbonyl (C=O) groups excluding carboxylic acids is 1. The molecule has 0 aromatic rings. The predicted octanol–water partition coefficient (Wildman–Crippen LogP) is 0.709. The van der Waals surface area contributed by atoms with E-state index in [0.29, 0.717) is 25.3 Å². The van der Waals surface area contributed by atoms with Crippen LogP contribution in [-0.4, -0.2) is 51.8 Å². The van der Waals surface area contributed by atoms with Crippen LogP contribution in [0.1, 0.15) is 38.5 Å². The van der Waals surface area contributed by atoms with E-state index in [1.807, 2.05) is 4.90 Å². The number of aliphatic hydroxyl groups is 1. The van der Waals surface area contributed by atoms with Gasteiger partial charge in [0.2, 0.25) is 5.91 Å². The van der Waals surface area contributed by atoms with Crippen LogP contribution in [0.3, 0.4) is 0 Å². The van der Waals surface area contributed by atoms with Crippen molar-refractivity contribution in [1.82, 2.24) is 9.96 Å². The molecule has 1 saturated carbocycles. The molecule has 4 rings (SSSR count). The largest absolute Gasteiger partial charge is 0.785 e. The van der Waals surface area contributed by atoms with Crippen molar-refractivity contribution in [3.8, 4) is 0 Å². The fraction of sp³-hybridized carbons (Fsp3) is 0.929. The lowest BCUT2D eigenvalue weighted by Crippen LogP contribution is -2.59. The molecule has 1 N–H and O–H groups in total. The molecule has 6 atom stereocenters. The quantitative estimate of drug-likeness (QED) is 0.700. The topological polar surface area (TPSA) is 66.8 Å². The molecule has 0 aromatic heterocycles. The molecule has 3 heterocycles. The van der Waals surface area contributed by atoms with Gasteiger partial charge in [0.25, 0.3) is 0 Å². The Morgan fingerprint density at radius 1 is 1.16 bits per heavy atom. The molecule has 3 aliphatic heterocycles. The van der Waals surface area contributed by atoms with Crippen molar-refractivity contribution < 1.29 is 9.90 Å². The van der Waals surface area contributed by atoms with E-state index >= 15 is 0 Å². The third-order valence-corrected chi connectivity index (χ3v) is 5.89. The average molecular weight is 265 g/mol. The standard InChI is InChI=1S/C14H21N2O3/c17-11-3-1-2-9-13(11)8-6-7-15(19)10-4-5-12(18)16(9)14(8)10/h8-11,13-14,17H,1-7H2/q-1. The van der Waals surface area contributed by atoms with Gasteiger partial charge in [0.05, 0.1) is 6.10 Å². The number of fused-ring (bicyclic) bond motifs is 3. The first-order valence-electron chi connectivity index (χ1n) is 7.61. The number of piperidine rings is 2. The van der Waals surface area contributed by atoms with Crippen LogP contribution >= 0.6 is 0 Å². The monoisotopic (exact) mass is 265 g/mol.